The molecule has 0 radical (unpaired) electrons. The molecule has 1 aliphatic heterocycles. The highest BCUT2D eigenvalue weighted by molar-refractivity contribution is 5.61. The molecule has 0 aliphatic carbocycles. The van der Waals surface area contributed by atoms with Crippen molar-refractivity contribution in [3.8, 4) is 6.07 Å². The molecule has 0 spiro atoms. The smallest absolute Gasteiger partial charge is 0.0638 e. The van der Waals surface area contributed by atoms with Gasteiger partial charge in [0.15, 0.2) is 0 Å². The molecule has 0 aromatic heterocycles. The van der Waals surface area contributed by atoms with Crippen LogP contribution in [-0.4, -0.2) is 24.7 Å². The minimum Gasteiger partial charge on any atom is -0.363 e. The lowest BCUT2D eigenvalue weighted by molar-refractivity contribution is 0.324. The molecule has 0 amide bonds. The van der Waals surface area contributed by atoms with E-state index in [-0.39, 0.29) is 11.6 Å². The van der Waals surface area contributed by atoms with Crippen LogP contribution in [0.3, 0.4) is 0 Å². The zero-order valence-electron chi connectivity index (χ0n) is 12.3. The second-order valence-corrected chi connectivity index (χ2v) is 6.10. The van der Waals surface area contributed by atoms with E-state index in [1.165, 1.54) is 16.8 Å². The third-order valence-electron chi connectivity index (χ3n) is 4.00. The highest BCUT2D eigenvalue weighted by Crippen LogP contribution is 2.32. The van der Waals surface area contributed by atoms with Crippen LogP contribution in [-0.2, 0) is 0 Å². The van der Waals surface area contributed by atoms with Crippen LogP contribution < -0.4 is 10.2 Å². The molecule has 2 rings (SSSR count). The molecule has 1 aliphatic rings. The van der Waals surface area contributed by atoms with Gasteiger partial charge in [0.1, 0.15) is 0 Å². The van der Waals surface area contributed by atoms with Gasteiger partial charge in [0.25, 0.3) is 0 Å². The number of anilines is 1. The van der Waals surface area contributed by atoms with Crippen LogP contribution >= 0.6 is 0 Å². The molecule has 19 heavy (non-hydrogen) atoms. The van der Waals surface area contributed by atoms with Crippen molar-refractivity contribution in [2.75, 3.05) is 18.0 Å². The van der Waals surface area contributed by atoms with E-state index in [1.807, 2.05) is 0 Å². The number of rotatable bonds is 2. The lowest BCUT2D eigenvalue weighted by Gasteiger charge is -2.48. The first-order chi connectivity index (χ1) is 8.95. The Morgan fingerprint density at radius 2 is 2.00 bits per heavy atom. The zero-order valence-corrected chi connectivity index (χ0v) is 12.3. The topological polar surface area (TPSA) is 39.1 Å². The summed E-state index contributed by atoms with van der Waals surface area (Å²) in [6, 6.07) is 8.98. The van der Waals surface area contributed by atoms with E-state index in [4.69, 9.17) is 5.26 Å². The minimum absolute atomic E-state index is 0.0723. The summed E-state index contributed by atoms with van der Waals surface area (Å²) in [4.78, 5) is 2.47. The maximum atomic E-state index is 8.91. The van der Waals surface area contributed by atoms with Crippen LogP contribution in [0, 0.1) is 25.2 Å². The van der Waals surface area contributed by atoms with E-state index in [0.29, 0.717) is 6.42 Å². The van der Waals surface area contributed by atoms with Crippen molar-refractivity contribution in [1.29, 1.82) is 5.26 Å². The van der Waals surface area contributed by atoms with Crippen molar-refractivity contribution in [3.63, 3.8) is 0 Å². The minimum atomic E-state index is 0.0723. The maximum Gasteiger partial charge on any atom is 0.0638 e. The fourth-order valence-corrected chi connectivity index (χ4v) is 2.89. The zero-order chi connectivity index (χ0) is 14.0. The molecule has 1 aromatic carbocycles. The van der Waals surface area contributed by atoms with Gasteiger partial charge in [-0.05, 0) is 38.8 Å². The summed E-state index contributed by atoms with van der Waals surface area (Å²) >= 11 is 0. The summed E-state index contributed by atoms with van der Waals surface area (Å²) in [5, 5.41) is 12.4. The van der Waals surface area contributed by atoms with Gasteiger partial charge in [0, 0.05) is 30.4 Å². The van der Waals surface area contributed by atoms with Gasteiger partial charge in [0.05, 0.1) is 12.5 Å². The molecule has 3 nitrogen and oxygen atoms in total. The van der Waals surface area contributed by atoms with Crippen molar-refractivity contribution >= 4 is 5.69 Å². The molecular formula is C16H23N3. The second-order valence-electron chi connectivity index (χ2n) is 6.10. The summed E-state index contributed by atoms with van der Waals surface area (Å²) in [6.07, 6.45) is 0.567. The molecule has 102 valence electrons. The summed E-state index contributed by atoms with van der Waals surface area (Å²) in [7, 11) is 0. The number of hydrogen-bond donors (Lipinski definition) is 1. The Labute approximate surface area is 116 Å². The van der Waals surface area contributed by atoms with E-state index >= 15 is 0 Å². The molecule has 0 saturated carbocycles. The van der Waals surface area contributed by atoms with Crippen LogP contribution in [0.15, 0.2) is 18.2 Å². The predicted molar refractivity (Wildman–Crippen MR) is 79.4 cm³/mol. The van der Waals surface area contributed by atoms with E-state index in [2.05, 4.69) is 62.2 Å². The highest BCUT2D eigenvalue weighted by Gasteiger charge is 2.35. The third kappa shape index (κ3) is 2.74. The molecule has 1 heterocycles. The van der Waals surface area contributed by atoms with Crippen LogP contribution in [0.2, 0.25) is 0 Å². The molecule has 3 heteroatoms. The molecule has 1 unspecified atom stereocenters. The number of nitrogens with zero attached hydrogens (tertiary/aromatic N) is 2. The number of para-hydroxylation sites is 1. The molecule has 1 saturated heterocycles. The molecule has 1 aromatic rings. The van der Waals surface area contributed by atoms with Crippen LogP contribution in [0.25, 0.3) is 0 Å². The first-order valence-electron chi connectivity index (χ1n) is 6.90. The second kappa shape index (κ2) is 5.22. The normalized spacial score (nSPS) is 22.1. The highest BCUT2D eigenvalue weighted by atomic mass is 15.3. The van der Waals surface area contributed by atoms with Crippen molar-refractivity contribution in [1.82, 2.24) is 5.32 Å². The predicted octanol–water partition coefficient (Wildman–Crippen LogP) is 2.77. The molecule has 1 atom stereocenters. The fourth-order valence-electron chi connectivity index (χ4n) is 2.89. The van der Waals surface area contributed by atoms with Crippen LogP contribution in [0.5, 0.6) is 0 Å². The number of nitrogens with one attached hydrogen (secondary N) is 1. The fraction of sp³-hybridized carbons (Fsp3) is 0.562. The average molecular weight is 257 g/mol. The number of hydrogen-bond acceptors (Lipinski definition) is 3. The monoisotopic (exact) mass is 257 g/mol. The van der Waals surface area contributed by atoms with Gasteiger partial charge in [-0.1, -0.05) is 18.2 Å². The lowest BCUT2D eigenvalue weighted by Crippen LogP contribution is -2.62. The molecule has 1 fully saturated rings. The Bertz CT molecular complexity index is 479. The van der Waals surface area contributed by atoms with Gasteiger partial charge >= 0.3 is 0 Å². The van der Waals surface area contributed by atoms with Gasteiger partial charge in [-0.2, -0.15) is 5.26 Å². The van der Waals surface area contributed by atoms with Gasteiger partial charge < -0.3 is 10.2 Å². The Balaban J connectivity index is 2.36. The van der Waals surface area contributed by atoms with Crippen LogP contribution in [0.4, 0.5) is 5.69 Å². The lowest BCUT2D eigenvalue weighted by atomic mass is 9.93. The van der Waals surface area contributed by atoms with Crippen molar-refractivity contribution in [3.05, 3.63) is 29.3 Å². The first kappa shape index (κ1) is 13.9. The van der Waals surface area contributed by atoms with E-state index in [1.54, 1.807) is 0 Å². The van der Waals surface area contributed by atoms with Gasteiger partial charge in [0.2, 0.25) is 0 Å². The van der Waals surface area contributed by atoms with Gasteiger partial charge in [-0.15, -0.1) is 0 Å². The van der Waals surface area contributed by atoms with E-state index < -0.39 is 0 Å². The van der Waals surface area contributed by atoms with Crippen molar-refractivity contribution in [2.24, 2.45) is 0 Å². The Hall–Kier alpha value is -1.53. The van der Waals surface area contributed by atoms with Gasteiger partial charge in [-0.25, -0.2) is 0 Å². The van der Waals surface area contributed by atoms with Crippen molar-refractivity contribution in [2.45, 2.75) is 45.7 Å². The Kier molecular flexibility index (Phi) is 3.82. The number of nitriles is 1. The van der Waals surface area contributed by atoms with Crippen LogP contribution in [0.1, 0.15) is 31.4 Å². The summed E-state index contributed by atoms with van der Waals surface area (Å²) in [6.45, 7) is 10.7. The third-order valence-corrected chi connectivity index (χ3v) is 4.00. The van der Waals surface area contributed by atoms with E-state index in [0.717, 1.165) is 13.1 Å². The summed E-state index contributed by atoms with van der Waals surface area (Å²) in [5.74, 6) is 0. The SMILES string of the molecule is Cc1cccc(C)c1N1CC(CC#N)NCC1(C)C. The number of aryl methyl sites for hydroxylation is 2. The largest absolute Gasteiger partial charge is 0.363 e. The van der Waals surface area contributed by atoms with Gasteiger partial charge in [-0.3, -0.25) is 0 Å². The summed E-state index contributed by atoms with van der Waals surface area (Å²) < 4.78 is 0. The molecular weight excluding hydrogens is 234 g/mol. The summed E-state index contributed by atoms with van der Waals surface area (Å²) in [5.41, 5.74) is 4.02. The Morgan fingerprint density at radius 1 is 1.37 bits per heavy atom. The first-order valence-corrected chi connectivity index (χ1v) is 6.90. The quantitative estimate of drug-likeness (QED) is 0.885. The maximum absolute atomic E-state index is 8.91. The van der Waals surface area contributed by atoms with E-state index in [9.17, 15) is 0 Å². The standard InChI is InChI=1S/C16H23N3/c1-12-6-5-7-13(2)15(12)19-10-14(8-9-17)18-11-16(19,3)4/h5-7,14,18H,8,10-11H2,1-4H3. The van der Waals surface area contributed by atoms with Crippen molar-refractivity contribution < 1.29 is 0 Å². The molecule has 1 N–H and O–H groups in total. The average Bonchev–Trinajstić information content (AvgIpc) is 2.33. The Morgan fingerprint density at radius 3 is 2.58 bits per heavy atom. The number of piperazine rings is 1. The molecule has 0 bridgehead atoms. The number of benzene rings is 1.